The number of piperidine rings is 1. The Morgan fingerprint density at radius 2 is 1.75 bits per heavy atom. The van der Waals surface area contributed by atoms with Crippen LogP contribution in [0.25, 0.3) is 39.3 Å². The molecule has 0 atom stereocenters. The number of phenolic OH excluding ortho intramolecular Hbond substituents is 1. The highest BCUT2D eigenvalue weighted by Crippen LogP contribution is 2.37. The first-order valence-corrected chi connectivity index (χ1v) is 11.7. The molecule has 186 valence electrons. The van der Waals surface area contributed by atoms with Gasteiger partial charge in [0.15, 0.2) is 5.65 Å². The van der Waals surface area contributed by atoms with E-state index in [0.29, 0.717) is 22.4 Å². The van der Waals surface area contributed by atoms with Crippen LogP contribution in [0.4, 0.5) is 0 Å². The van der Waals surface area contributed by atoms with Crippen molar-refractivity contribution in [2.75, 3.05) is 0 Å². The van der Waals surface area contributed by atoms with Crippen molar-refractivity contribution in [2.45, 2.75) is 57.7 Å². The van der Waals surface area contributed by atoms with Gasteiger partial charge in [-0.1, -0.05) is 11.3 Å². The lowest BCUT2D eigenvalue weighted by atomic mass is 9.80. The summed E-state index contributed by atoms with van der Waals surface area (Å²) in [6.07, 6.45) is 8.99. The number of nitrogens with zero attached hydrogens (tertiary/aromatic N) is 8. The molecular weight excluding hydrogens is 478 g/mol. The van der Waals surface area contributed by atoms with E-state index < -0.39 is 0 Å². The van der Waals surface area contributed by atoms with Crippen LogP contribution in [-0.2, 0) is 0 Å². The van der Waals surface area contributed by atoms with Gasteiger partial charge < -0.3 is 14.8 Å². The normalized spacial score (nSPS) is 17.3. The van der Waals surface area contributed by atoms with Gasteiger partial charge in [-0.15, -0.1) is 27.7 Å². The van der Waals surface area contributed by atoms with Gasteiger partial charge in [0.25, 0.3) is 0 Å². The molecule has 5 aromatic rings. The lowest BCUT2D eigenvalue weighted by Crippen LogP contribution is -2.58. The van der Waals surface area contributed by atoms with E-state index in [4.69, 9.17) is 0 Å². The SMILES string of the molecule is CC1(C)CC(n2nnc3cc(-c4ccc(-c5cn6ccnc6cn5)cc4O)nnc32)CC(C)(C)N1.Cl. The molecule has 0 bridgehead atoms. The fourth-order valence-corrected chi connectivity index (χ4v) is 5.45. The zero-order valence-electron chi connectivity index (χ0n) is 20.5. The number of hydrogen-bond acceptors (Lipinski definition) is 8. The van der Waals surface area contributed by atoms with Crippen LogP contribution >= 0.6 is 12.4 Å². The van der Waals surface area contributed by atoms with E-state index in [1.807, 2.05) is 39.7 Å². The highest BCUT2D eigenvalue weighted by molar-refractivity contribution is 5.85. The summed E-state index contributed by atoms with van der Waals surface area (Å²) in [5.74, 6) is 0.0953. The third kappa shape index (κ3) is 4.27. The molecule has 0 unspecified atom stereocenters. The molecule has 1 aliphatic heterocycles. The van der Waals surface area contributed by atoms with Crippen LogP contribution in [0.1, 0.15) is 46.6 Å². The predicted octanol–water partition coefficient (Wildman–Crippen LogP) is 4.21. The van der Waals surface area contributed by atoms with Crippen molar-refractivity contribution in [3.63, 3.8) is 0 Å². The Labute approximate surface area is 214 Å². The average molecular weight is 506 g/mol. The van der Waals surface area contributed by atoms with Gasteiger partial charge in [-0.3, -0.25) is 4.98 Å². The minimum atomic E-state index is -0.0250. The van der Waals surface area contributed by atoms with E-state index in [0.717, 1.165) is 29.7 Å². The van der Waals surface area contributed by atoms with E-state index in [1.54, 1.807) is 18.5 Å². The maximum atomic E-state index is 10.8. The van der Waals surface area contributed by atoms with Crippen molar-refractivity contribution in [1.29, 1.82) is 0 Å². The van der Waals surface area contributed by atoms with Crippen molar-refractivity contribution in [2.24, 2.45) is 0 Å². The van der Waals surface area contributed by atoms with Crippen molar-refractivity contribution in [1.82, 2.24) is 44.9 Å². The fourth-order valence-electron chi connectivity index (χ4n) is 5.45. The van der Waals surface area contributed by atoms with Gasteiger partial charge in [0, 0.05) is 40.8 Å². The molecule has 1 aromatic carbocycles. The molecule has 5 heterocycles. The van der Waals surface area contributed by atoms with E-state index in [-0.39, 0.29) is 35.3 Å². The van der Waals surface area contributed by atoms with Crippen LogP contribution in [0.3, 0.4) is 0 Å². The first-order chi connectivity index (χ1) is 16.7. The second kappa shape index (κ2) is 8.49. The highest BCUT2D eigenvalue weighted by atomic mass is 35.5. The van der Waals surface area contributed by atoms with Crippen LogP contribution in [0.5, 0.6) is 5.75 Å². The second-order valence-electron chi connectivity index (χ2n) is 10.6. The standard InChI is InChI=1S/C25H27N9O.ClH/c1-24(2)11-16(12-25(3,4)31-24)34-23-19(29-32-34)10-18(28-30-23)17-6-5-15(9-21(17)35)20-14-33-8-7-26-22(33)13-27-20;/h5-10,13-14,16,31,35H,11-12H2,1-4H3;1H. The summed E-state index contributed by atoms with van der Waals surface area (Å²) in [6.45, 7) is 8.83. The monoisotopic (exact) mass is 505 g/mol. The minimum absolute atomic E-state index is 0. The molecule has 0 radical (unpaired) electrons. The van der Waals surface area contributed by atoms with Gasteiger partial charge in [0.2, 0.25) is 5.65 Å². The zero-order chi connectivity index (χ0) is 24.4. The number of aromatic nitrogens is 8. The number of fused-ring (bicyclic) bond motifs is 2. The van der Waals surface area contributed by atoms with Crippen LogP contribution in [-0.4, -0.2) is 55.7 Å². The number of rotatable bonds is 3. The first-order valence-electron chi connectivity index (χ1n) is 11.7. The summed E-state index contributed by atoms with van der Waals surface area (Å²) in [6, 6.07) is 7.40. The molecule has 4 aromatic heterocycles. The molecule has 1 aliphatic rings. The van der Waals surface area contributed by atoms with Crippen LogP contribution in [0, 0.1) is 0 Å². The largest absolute Gasteiger partial charge is 0.507 e. The molecule has 0 aliphatic carbocycles. The Kier molecular flexibility index (Phi) is 5.68. The van der Waals surface area contributed by atoms with E-state index >= 15 is 0 Å². The Morgan fingerprint density at radius 1 is 0.972 bits per heavy atom. The lowest BCUT2D eigenvalue weighted by molar-refractivity contribution is 0.127. The molecular formula is C25H28ClN9O. The highest BCUT2D eigenvalue weighted by Gasteiger charge is 2.39. The maximum Gasteiger partial charge on any atom is 0.201 e. The Balaban J connectivity index is 0.00000267. The van der Waals surface area contributed by atoms with Crippen LogP contribution < -0.4 is 5.32 Å². The third-order valence-electron chi connectivity index (χ3n) is 6.58. The molecule has 0 saturated carbocycles. The van der Waals surface area contributed by atoms with Crippen molar-refractivity contribution >= 4 is 29.2 Å². The molecule has 0 amide bonds. The average Bonchev–Trinajstić information content (AvgIpc) is 3.43. The number of imidazole rings is 1. The molecule has 1 fully saturated rings. The van der Waals surface area contributed by atoms with E-state index in [1.165, 1.54) is 0 Å². The summed E-state index contributed by atoms with van der Waals surface area (Å²) in [5, 5.41) is 32.2. The number of hydrogen-bond donors (Lipinski definition) is 2. The lowest BCUT2D eigenvalue weighted by Gasteiger charge is -2.46. The van der Waals surface area contributed by atoms with Gasteiger partial charge >= 0.3 is 0 Å². The van der Waals surface area contributed by atoms with Gasteiger partial charge in [0.1, 0.15) is 11.3 Å². The van der Waals surface area contributed by atoms with Crippen molar-refractivity contribution in [3.8, 4) is 28.3 Å². The zero-order valence-corrected chi connectivity index (χ0v) is 21.4. The molecule has 11 heteroatoms. The van der Waals surface area contributed by atoms with E-state index in [9.17, 15) is 5.11 Å². The summed E-state index contributed by atoms with van der Waals surface area (Å²) < 4.78 is 3.79. The Morgan fingerprint density at radius 3 is 2.50 bits per heavy atom. The summed E-state index contributed by atoms with van der Waals surface area (Å²) in [4.78, 5) is 8.67. The Bertz CT molecular complexity index is 1560. The minimum Gasteiger partial charge on any atom is -0.507 e. The van der Waals surface area contributed by atoms with Crippen molar-refractivity contribution < 1.29 is 5.11 Å². The molecule has 2 N–H and O–H groups in total. The van der Waals surface area contributed by atoms with Gasteiger partial charge in [-0.25, -0.2) is 9.67 Å². The number of nitrogens with one attached hydrogen (secondary N) is 1. The number of benzene rings is 1. The first kappa shape index (κ1) is 24.1. The summed E-state index contributed by atoms with van der Waals surface area (Å²) >= 11 is 0. The fraction of sp³-hybridized carbons (Fsp3) is 0.360. The molecule has 0 spiro atoms. The number of phenols is 1. The Hall–Kier alpha value is -3.63. The van der Waals surface area contributed by atoms with Crippen molar-refractivity contribution in [3.05, 3.63) is 49.1 Å². The van der Waals surface area contributed by atoms with Crippen LogP contribution in [0.15, 0.2) is 49.1 Å². The molecule has 36 heavy (non-hydrogen) atoms. The molecule has 10 nitrogen and oxygen atoms in total. The maximum absolute atomic E-state index is 10.8. The summed E-state index contributed by atoms with van der Waals surface area (Å²) in [7, 11) is 0. The predicted molar refractivity (Wildman–Crippen MR) is 139 cm³/mol. The summed E-state index contributed by atoms with van der Waals surface area (Å²) in [5.41, 5.74) is 4.66. The topological polar surface area (TPSA) is 119 Å². The van der Waals surface area contributed by atoms with Gasteiger partial charge in [0.05, 0.1) is 23.6 Å². The van der Waals surface area contributed by atoms with Gasteiger partial charge in [-0.2, -0.15) is 0 Å². The number of halogens is 1. The quantitative estimate of drug-likeness (QED) is 0.374. The van der Waals surface area contributed by atoms with Gasteiger partial charge in [-0.05, 0) is 58.7 Å². The van der Waals surface area contributed by atoms with Crippen LogP contribution in [0.2, 0.25) is 0 Å². The van der Waals surface area contributed by atoms with E-state index in [2.05, 4.69) is 63.5 Å². The molecule has 1 saturated heterocycles. The third-order valence-corrected chi connectivity index (χ3v) is 6.58. The number of aromatic hydroxyl groups is 1. The second-order valence-corrected chi connectivity index (χ2v) is 10.6. The smallest absolute Gasteiger partial charge is 0.201 e. The molecule has 6 rings (SSSR count).